The highest BCUT2D eigenvalue weighted by molar-refractivity contribution is 7.90. The third-order valence-corrected chi connectivity index (χ3v) is 7.11. The summed E-state index contributed by atoms with van der Waals surface area (Å²) in [6.07, 6.45) is 1.08. The van der Waals surface area contributed by atoms with Crippen molar-refractivity contribution >= 4 is 19.9 Å². The topological polar surface area (TPSA) is 92.8 Å². The van der Waals surface area contributed by atoms with Gasteiger partial charge in [-0.3, -0.25) is 4.90 Å². The molecule has 0 saturated carbocycles. The van der Waals surface area contributed by atoms with Crippen LogP contribution in [0.15, 0.2) is 58.3 Å². The van der Waals surface area contributed by atoms with E-state index in [-0.39, 0.29) is 16.3 Å². The smallest absolute Gasteiger partial charge is 0.240 e. The summed E-state index contributed by atoms with van der Waals surface area (Å²) in [6.45, 7) is 4.35. The Morgan fingerprint density at radius 3 is 1.96 bits per heavy atom. The molecule has 0 unspecified atom stereocenters. The molecule has 1 aliphatic rings. The molecule has 0 radical (unpaired) electrons. The molecular weight excluding hydrogens is 400 g/mol. The summed E-state index contributed by atoms with van der Waals surface area (Å²) in [5.74, 6) is 0. The van der Waals surface area contributed by atoms with E-state index in [1.807, 2.05) is 24.3 Å². The summed E-state index contributed by atoms with van der Waals surface area (Å²) in [7, 11) is -7.08. The molecule has 7 nitrogen and oxygen atoms in total. The second-order valence-electron chi connectivity index (χ2n) is 6.77. The first kappa shape index (κ1) is 20.9. The number of morpholine rings is 1. The molecule has 0 amide bonds. The quantitative estimate of drug-likeness (QED) is 0.722. The van der Waals surface area contributed by atoms with Gasteiger partial charge in [-0.1, -0.05) is 24.3 Å². The zero-order valence-corrected chi connectivity index (χ0v) is 17.3. The van der Waals surface area contributed by atoms with E-state index in [0.29, 0.717) is 0 Å². The van der Waals surface area contributed by atoms with Crippen molar-refractivity contribution in [2.24, 2.45) is 0 Å². The van der Waals surface area contributed by atoms with Crippen molar-refractivity contribution in [2.45, 2.75) is 22.9 Å². The maximum absolute atomic E-state index is 12.4. The summed E-state index contributed by atoms with van der Waals surface area (Å²) >= 11 is 0. The first-order chi connectivity index (χ1) is 13.2. The molecular formula is C19H24N2O5S2. The van der Waals surface area contributed by atoms with Crippen LogP contribution in [-0.4, -0.2) is 54.3 Å². The van der Waals surface area contributed by atoms with Crippen LogP contribution in [0.3, 0.4) is 0 Å². The zero-order valence-electron chi connectivity index (χ0n) is 15.7. The van der Waals surface area contributed by atoms with Gasteiger partial charge >= 0.3 is 0 Å². The minimum absolute atomic E-state index is 0.0313. The van der Waals surface area contributed by atoms with E-state index in [4.69, 9.17) is 4.74 Å². The summed E-state index contributed by atoms with van der Waals surface area (Å²) < 4.78 is 55.7. The number of sulfonamides is 1. The lowest BCUT2D eigenvalue weighted by atomic mass is 10.1. The summed E-state index contributed by atoms with van der Waals surface area (Å²) in [4.78, 5) is 2.44. The summed E-state index contributed by atoms with van der Waals surface area (Å²) in [5, 5.41) is 0. The molecule has 0 atom stereocenters. The van der Waals surface area contributed by atoms with Crippen LogP contribution in [0, 0.1) is 0 Å². The highest BCUT2D eigenvalue weighted by Gasteiger charge is 2.16. The molecule has 1 N–H and O–H groups in total. The SMILES string of the molecule is CS(=O)(=O)c1ccc(S(=O)(=O)NCc2ccc(CN3CCOCC3)cc2)cc1. The lowest BCUT2D eigenvalue weighted by molar-refractivity contribution is 0.0342. The molecule has 9 heteroatoms. The van der Waals surface area contributed by atoms with Gasteiger partial charge < -0.3 is 4.74 Å². The lowest BCUT2D eigenvalue weighted by Gasteiger charge is -2.26. The number of sulfone groups is 1. The Bertz CT molecular complexity index is 995. The number of ether oxygens (including phenoxy) is 1. The molecule has 0 aromatic heterocycles. The Morgan fingerprint density at radius 1 is 0.857 bits per heavy atom. The van der Waals surface area contributed by atoms with Crippen molar-refractivity contribution in [1.29, 1.82) is 0 Å². The van der Waals surface area contributed by atoms with Crippen molar-refractivity contribution in [1.82, 2.24) is 9.62 Å². The standard InChI is InChI=1S/C19H24N2O5S2/c1-27(22,23)18-6-8-19(9-7-18)28(24,25)20-14-16-2-4-17(5-3-16)15-21-10-12-26-13-11-21/h2-9,20H,10-15H2,1H3. The molecule has 152 valence electrons. The fraction of sp³-hybridized carbons (Fsp3) is 0.368. The van der Waals surface area contributed by atoms with Crippen LogP contribution in [0.1, 0.15) is 11.1 Å². The van der Waals surface area contributed by atoms with Crippen LogP contribution in [0.25, 0.3) is 0 Å². The molecule has 1 heterocycles. The van der Waals surface area contributed by atoms with E-state index in [2.05, 4.69) is 9.62 Å². The first-order valence-electron chi connectivity index (χ1n) is 8.92. The minimum Gasteiger partial charge on any atom is -0.379 e. The Morgan fingerprint density at radius 2 is 1.39 bits per heavy atom. The number of benzene rings is 2. The molecule has 0 spiro atoms. The highest BCUT2D eigenvalue weighted by Crippen LogP contribution is 2.15. The van der Waals surface area contributed by atoms with Gasteiger partial charge in [0.25, 0.3) is 0 Å². The van der Waals surface area contributed by atoms with Crippen LogP contribution < -0.4 is 4.72 Å². The van der Waals surface area contributed by atoms with E-state index < -0.39 is 19.9 Å². The fourth-order valence-electron chi connectivity index (χ4n) is 2.91. The van der Waals surface area contributed by atoms with Gasteiger partial charge in [0.15, 0.2) is 9.84 Å². The normalized spacial score (nSPS) is 16.2. The number of nitrogens with one attached hydrogen (secondary N) is 1. The van der Waals surface area contributed by atoms with Gasteiger partial charge in [-0.05, 0) is 35.4 Å². The third-order valence-electron chi connectivity index (χ3n) is 4.56. The number of rotatable bonds is 7. The number of hydrogen-bond donors (Lipinski definition) is 1. The van der Waals surface area contributed by atoms with Crippen LogP contribution in [-0.2, 0) is 37.7 Å². The van der Waals surface area contributed by atoms with E-state index in [9.17, 15) is 16.8 Å². The largest absolute Gasteiger partial charge is 0.379 e. The van der Waals surface area contributed by atoms with Gasteiger partial charge in [-0.2, -0.15) is 0 Å². The van der Waals surface area contributed by atoms with Crippen LogP contribution in [0.5, 0.6) is 0 Å². The van der Waals surface area contributed by atoms with E-state index in [1.54, 1.807) is 0 Å². The Kier molecular flexibility index (Phi) is 6.51. The maximum atomic E-state index is 12.4. The maximum Gasteiger partial charge on any atom is 0.240 e. The van der Waals surface area contributed by atoms with Gasteiger partial charge in [0.2, 0.25) is 10.0 Å². The third kappa shape index (κ3) is 5.62. The Balaban J connectivity index is 1.59. The molecule has 0 bridgehead atoms. The second kappa shape index (κ2) is 8.71. The molecule has 0 aliphatic carbocycles. The Labute approximate surface area is 166 Å². The predicted molar refractivity (Wildman–Crippen MR) is 106 cm³/mol. The predicted octanol–water partition coefficient (Wildman–Crippen LogP) is 1.40. The van der Waals surface area contributed by atoms with Gasteiger partial charge in [-0.25, -0.2) is 21.6 Å². The average molecular weight is 425 g/mol. The highest BCUT2D eigenvalue weighted by atomic mass is 32.2. The first-order valence-corrected chi connectivity index (χ1v) is 12.3. The van der Waals surface area contributed by atoms with E-state index in [0.717, 1.165) is 44.7 Å². The number of nitrogens with zero attached hydrogens (tertiary/aromatic N) is 1. The summed E-state index contributed by atoms with van der Waals surface area (Å²) in [5.41, 5.74) is 2.02. The molecule has 3 rings (SSSR count). The van der Waals surface area contributed by atoms with Gasteiger partial charge in [0.05, 0.1) is 23.0 Å². The zero-order chi connectivity index (χ0) is 20.2. The van der Waals surface area contributed by atoms with Gasteiger partial charge in [0, 0.05) is 32.4 Å². The van der Waals surface area contributed by atoms with Crippen molar-refractivity contribution in [3.05, 3.63) is 59.7 Å². The van der Waals surface area contributed by atoms with Crippen LogP contribution >= 0.6 is 0 Å². The van der Waals surface area contributed by atoms with E-state index >= 15 is 0 Å². The second-order valence-corrected chi connectivity index (χ2v) is 10.6. The minimum atomic E-state index is -3.72. The molecule has 1 aliphatic heterocycles. The molecule has 1 saturated heterocycles. The van der Waals surface area contributed by atoms with Crippen LogP contribution in [0.2, 0.25) is 0 Å². The van der Waals surface area contributed by atoms with Crippen molar-refractivity contribution < 1.29 is 21.6 Å². The molecule has 1 fully saturated rings. The van der Waals surface area contributed by atoms with Crippen molar-refractivity contribution in [3.63, 3.8) is 0 Å². The monoisotopic (exact) mass is 424 g/mol. The Hall–Kier alpha value is -1.78. The average Bonchev–Trinajstić information content (AvgIpc) is 2.68. The molecule has 2 aromatic carbocycles. The van der Waals surface area contributed by atoms with Gasteiger partial charge in [0.1, 0.15) is 0 Å². The lowest BCUT2D eigenvalue weighted by Crippen LogP contribution is -2.35. The fourth-order valence-corrected chi connectivity index (χ4v) is 4.56. The van der Waals surface area contributed by atoms with Gasteiger partial charge in [-0.15, -0.1) is 0 Å². The van der Waals surface area contributed by atoms with E-state index in [1.165, 1.54) is 29.8 Å². The summed E-state index contributed by atoms with van der Waals surface area (Å²) in [6, 6.07) is 13.0. The van der Waals surface area contributed by atoms with Crippen molar-refractivity contribution in [2.75, 3.05) is 32.6 Å². The van der Waals surface area contributed by atoms with Crippen LogP contribution in [0.4, 0.5) is 0 Å². The van der Waals surface area contributed by atoms with Crippen molar-refractivity contribution in [3.8, 4) is 0 Å². The molecule has 28 heavy (non-hydrogen) atoms. The number of hydrogen-bond acceptors (Lipinski definition) is 6. The molecule has 2 aromatic rings.